The van der Waals surface area contributed by atoms with E-state index in [-0.39, 0.29) is 12.4 Å². The van der Waals surface area contributed by atoms with Gasteiger partial charge in [0.05, 0.1) is 19.4 Å². The number of aliphatic hydroxyl groups excluding tert-OH is 1. The zero-order chi connectivity index (χ0) is 19.2. The van der Waals surface area contributed by atoms with Crippen LogP contribution in [0.3, 0.4) is 0 Å². The number of benzene rings is 1. The van der Waals surface area contributed by atoms with E-state index in [1.54, 1.807) is 65.7 Å². The summed E-state index contributed by atoms with van der Waals surface area (Å²) in [5.41, 5.74) is 1.17. The Morgan fingerprint density at radius 2 is 2.00 bits per heavy atom. The first kappa shape index (κ1) is 19.2. The van der Waals surface area contributed by atoms with E-state index in [1.165, 1.54) is 0 Å². The molecule has 0 aliphatic rings. The number of nitrogens with zero attached hydrogens (tertiary/aromatic N) is 1. The van der Waals surface area contributed by atoms with Crippen LogP contribution < -0.4 is 9.88 Å². The number of pyridine rings is 1. The fraction of sp³-hybridized carbons (Fsp3) is 0.150. The van der Waals surface area contributed by atoms with Crippen LogP contribution in [0.25, 0.3) is 0 Å². The van der Waals surface area contributed by atoms with Crippen LogP contribution in [0.15, 0.2) is 71.6 Å². The number of aromatic nitrogens is 1. The molecule has 2 heterocycles. The number of Topliss-reactive ketones (excluding diaryl/α,β-unsaturated/α-hetero) is 1. The SMILES string of the molecule is O=C(c1ccc(Cl)cc1)[C@@H](C(=S)NCc1ccco1)[n+]1cccc(CO)c1. The molecule has 0 bridgehead atoms. The summed E-state index contributed by atoms with van der Waals surface area (Å²) in [4.78, 5) is 13.5. The topological polar surface area (TPSA) is 66.4 Å². The number of aliphatic hydroxyl groups is 1. The maximum absolute atomic E-state index is 13.2. The molecule has 0 aliphatic heterocycles. The predicted octanol–water partition coefficient (Wildman–Crippen LogP) is 3.25. The molecule has 7 heteroatoms. The number of carbonyl (C=O) groups is 1. The monoisotopic (exact) mass is 401 g/mol. The Bertz CT molecular complexity index is 927. The molecule has 0 amide bonds. The van der Waals surface area contributed by atoms with Crippen molar-refractivity contribution < 1.29 is 18.9 Å². The molecular formula is C20H18ClN2O3S+. The van der Waals surface area contributed by atoms with Crippen molar-refractivity contribution in [3.8, 4) is 0 Å². The number of rotatable bonds is 7. The molecule has 2 N–H and O–H groups in total. The van der Waals surface area contributed by atoms with Gasteiger partial charge in [0.25, 0.3) is 6.04 Å². The van der Waals surface area contributed by atoms with Gasteiger partial charge in [-0.3, -0.25) is 4.79 Å². The Balaban J connectivity index is 1.90. The molecule has 27 heavy (non-hydrogen) atoms. The lowest BCUT2D eigenvalue weighted by Crippen LogP contribution is -2.51. The average molecular weight is 402 g/mol. The van der Waals surface area contributed by atoms with E-state index in [1.807, 2.05) is 6.07 Å². The van der Waals surface area contributed by atoms with Crippen LogP contribution in [0, 0.1) is 0 Å². The maximum atomic E-state index is 13.2. The highest BCUT2D eigenvalue weighted by Crippen LogP contribution is 2.15. The van der Waals surface area contributed by atoms with Gasteiger partial charge in [0.2, 0.25) is 5.78 Å². The van der Waals surface area contributed by atoms with Gasteiger partial charge < -0.3 is 14.8 Å². The number of thiocarbonyl (C=S) groups is 1. The summed E-state index contributed by atoms with van der Waals surface area (Å²) in [5.74, 6) is 0.535. The number of hydrogen-bond donors (Lipinski definition) is 2. The lowest BCUT2D eigenvalue weighted by Gasteiger charge is -2.15. The summed E-state index contributed by atoms with van der Waals surface area (Å²) in [5, 5.41) is 13.1. The zero-order valence-corrected chi connectivity index (χ0v) is 15.9. The lowest BCUT2D eigenvalue weighted by molar-refractivity contribution is -0.692. The molecule has 2 aromatic heterocycles. The van der Waals surface area contributed by atoms with Crippen molar-refractivity contribution in [2.24, 2.45) is 0 Å². The van der Waals surface area contributed by atoms with E-state index in [2.05, 4.69) is 5.32 Å². The first-order valence-electron chi connectivity index (χ1n) is 8.29. The van der Waals surface area contributed by atoms with Crippen LogP contribution in [0.1, 0.15) is 27.7 Å². The van der Waals surface area contributed by atoms with E-state index in [9.17, 15) is 9.90 Å². The molecule has 0 fully saturated rings. The third kappa shape index (κ3) is 4.80. The lowest BCUT2D eigenvalue weighted by atomic mass is 10.0. The fourth-order valence-corrected chi connectivity index (χ4v) is 3.07. The van der Waals surface area contributed by atoms with Gasteiger partial charge in [0, 0.05) is 22.2 Å². The van der Waals surface area contributed by atoms with Gasteiger partial charge in [-0.1, -0.05) is 23.8 Å². The molecule has 1 aromatic carbocycles. The number of carbonyl (C=O) groups excluding carboxylic acids is 1. The van der Waals surface area contributed by atoms with Crippen molar-refractivity contribution in [3.05, 3.63) is 89.1 Å². The summed E-state index contributed by atoms with van der Waals surface area (Å²) in [6.45, 7) is 0.242. The minimum absolute atomic E-state index is 0.130. The van der Waals surface area contributed by atoms with E-state index in [4.69, 9.17) is 28.2 Å². The van der Waals surface area contributed by atoms with Gasteiger partial charge in [-0.25, -0.2) is 0 Å². The summed E-state index contributed by atoms with van der Waals surface area (Å²) in [7, 11) is 0. The molecule has 0 saturated heterocycles. The Kier molecular flexibility index (Phi) is 6.34. The van der Waals surface area contributed by atoms with Gasteiger partial charge in [0.1, 0.15) is 5.76 Å². The Morgan fingerprint density at radius 3 is 2.67 bits per heavy atom. The maximum Gasteiger partial charge on any atom is 0.270 e. The highest BCUT2D eigenvalue weighted by atomic mass is 35.5. The van der Waals surface area contributed by atoms with Crippen LogP contribution >= 0.6 is 23.8 Å². The van der Waals surface area contributed by atoms with E-state index in [0.717, 1.165) is 0 Å². The number of halogens is 1. The molecule has 138 valence electrons. The van der Waals surface area contributed by atoms with Crippen molar-refractivity contribution in [3.63, 3.8) is 0 Å². The standard InChI is InChI=1S/C20H17ClN2O3S/c21-16-7-5-15(6-8-16)19(25)18(23-9-1-3-14(12-23)13-24)20(27)22-11-17-4-2-10-26-17/h1-10,12,18,24H,11,13H2/p+1/t18-/m0/s1. The second-order valence-corrected chi connectivity index (χ2v) is 6.76. The first-order valence-corrected chi connectivity index (χ1v) is 9.07. The van der Waals surface area contributed by atoms with Gasteiger partial charge in [0.15, 0.2) is 17.4 Å². The van der Waals surface area contributed by atoms with Crippen molar-refractivity contribution in [1.29, 1.82) is 0 Å². The van der Waals surface area contributed by atoms with Gasteiger partial charge in [-0.15, -0.1) is 0 Å². The van der Waals surface area contributed by atoms with Crippen molar-refractivity contribution in [1.82, 2.24) is 5.32 Å². The highest BCUT2D eigenvalue weighted by molar-refractivity contribution is 7.80. The summed E-state index contributed by atoms with van der Waals surface area (Å²) in [6, 6.07) is 13.1. The number of nitrogens with one attached hydrogen (secondary N) is 1. The number of furan rings is 1. The Hall–Kier alpha value is -2.54. The van der Waals surface area contributed by atoms with Crippen molar-refractivity contribution in [2.75, 3.05) is 0 Å². The molecule has 0 radical (unpaired) electrons. The van der Waals surface area contributed by atoms with Crippen molar-refractivity contribution >= 4 is 34.6 Å². The van der Waals surface area contributed by atoms with Gasteiger partial charge >= 0.3 is 0 Å². The minimum atomic E-state index is -0.761. The van der Waals surface area contributed by atoms with E-state index < -0.39 is 6.04 Å². The zero-order valence-electron chi connectivity index (χ0n) is 14.3. The average Bonchev–Trinajstić information content (AvgIpc) is 3.21. The molecule has 0 spiro atoms. The normalized spacial score (nSPS) is 11.8. The van der Waals surface area contributed by atoms with Crippen LogP contribution in [-0.4, -0.2) is 15.9 Å². The minimum Gasteiger partial charge on any atom is -0.467 e. The third-order valence-corrected chi connectivity index (χ3v) is 4.63. The number of ketones is 1. The first-order chi connectivity index (χ1) is 13.1. The van der Waals surface area contributed by atoms with E-state index >= 15 is 0 Å². The molecule has 3 aromatic rings. The Morgan fingerprint density at radius 1 is 1.22 bits per heavy atom. The second-order valence-electron chi connectivity index (χ2n) is 5.89. The summed E-state index contributed by atoms with van der Waals surface area (Å²) < 4.78 is 7.00. The van der Waals surface area contributed by atoms with Crippen LogP contribution in [0.2, 0.25) is 5.02 Å². The fourth-order valence-electron chi connectivity index (χ4n) is 2.64. The van der Waals surface area contributed by atoms with Crippen LogP contribution in [0.4, 0.5) is 0 Å². The van der Waals surface area contributed by atoms with E-state index in [0.29, 0.717) is 33.4 Å². The molecular weight excluding hydrogens is 384 g/mol. The second kappa shape index (κ2) is 8.90. The smallest absolute Gasteiger partial charge is 0.270 e. The molecule has 5 nitrogen and oxygen atoms in total. The molecule has 0 unspecified atom stereocenters. The van der Waals surface area contributed by atoms with Crippen LogP contribution in [0.5, 0.6) is 0 Å². The largest absolute Gasteiger partial charge is 0.467 e. The predicted molar refractivity (Wildman–Crippen MR) is 106 cm³/mol. The molecule has 0 aliphatic carbocycles. The van der Waals surface area contributed by atoms with Crippen LogP contribution in [-0.2, 0) is 13.2 Å². The van der Waals surface area contributed by atoms with Gasteiger partial charge in [-0.2, -0.15) is 4.57 Å². The Labute approximate surface area is 167 Å². The summed E-state index contributed by atoms with van der Waals surface area (Å²) >= 11 is 11.5. The third-order valence-electron chi connectivity index (χ3n) is 4.01. The quantitative estimate of drug-likeness (QED) is 0.361. The number of hydrogen-bond acceptors (Lipinski definition) is 4. The highest BCUT2D eigenvalue weighted by Gasteiger charge is 2.33. The molecule has 0 saturated carbocycles. The molecule has 3 rings (SSSR count). The molecule has 1 atom stereocenters. The van der Waals surface area contributed by atoms with Crippen molar-refractivity contribution in [2.45, 2.75) is 19.2 Å². The van der Waals surface area contributed by atoms with Gasteiger partial charge in [-0.05, 0) is 42.5 Å². The summed E-state index contributed by atoms with van der Waals surface area (Å²) in [6.07, 6.45) is 5.04.